The molecule has 200 valence electrons. The summed E-state index contributed by atoms with van der Waals surface area (Å²) in [4.78, 5) is 41.0. The summed E-state index contributed by atoms with van der Waals surface area (Å²) in [6, 6.07) is 11.0. The molecule has 39 heavy (non-hydrogen) atoms. The predicted octanol–water partition coefficient (Wildman–Crippen LogP) is 2.88. The van der Waals surface area contributed by atoms with E-state index >= 15 is 0 Å². The molecule has 0 spiro atoms. The molecule has 4 N–H and O–H groups in total. The average Bonchev–Trinajstić information content (AvgIpc) is 3.64. The van der Waals surface area contributed by atoms with E-state index in [9.17, 15) is 14.7 Å². The first kappa shape index (κ1) is 25.3. The lowest BCUT2D eigenvalue weighted by atomic mass is 9.93. The molecular weight excluding hydrogens is 494 g/mol. The minimum atomic E-state index is -1.19. The maximum atomic E-state index is 12.9. The number of benzene rings is 1. The Hall–Kier alpha value is -3.99. The zero-order valence-corrected chi connectivity index (χ0v) is 21.9. The second-order valence-corrected chi connectivity index (χ2v) is 10.6. The summed E-state index contributed by atoms with van der Waals surface area (Å²) in [5.41, 5.74) is 2.76. The van der Waals surface area contributed by atoms with Crippen molar-refractivity contribution >= 4 is 29.7 Å². The van der Waals surface area contributed by atoms with Crippen molar-refractivity contribution in [3.05, 3.63) is 83.1 Å². The Bertz CT molecular complexity index is 1460. The highest BCUT2D eigenvalue weighted by molar-refractivity contribution is 6.05. The number of nitrogens with zero attached hydrogens (tertiary/aromatic N) is 5. The molecule has 0 bridgehead atoms. The smallest absolute Gasteiger partial charge is 0.264 e. The third kappa shape index (κ3) is 4.60. The zero-order chi connectivity index (χ0) is 27.2. The van der Waals surface area contributed by atoms with Gasteiger partial charge >= 0.3 is 0 Å². The molecule has 1 aromatic carbocycles. The van der Waals surface area contributed by atoms with Crippen LogP contribution in [0.25, 0.3) is 0 Å². The normalized spacial score (nSPS) is 24.8. The molecule has 2 atom stereocenters. The topological polar surface area (TPSA) is 133 Å². The number of pyridine rings is 1. The molecule has 6 rings (SSSR count). The van der Waals surface area contributed by atoms with Crippen LogP contribution >= 0.6 is 0 Å². The number of amidine groups is 1. The Kier molecular flexibility index (Phi) is 6.25. The maximum Gasteiger partial charge on any atom is 0.264 e. The third-order valence-electron chi connectivity index (χ3n) is 7.92. The summed E-state index contributed by atoms with van der Waals surface area (Å²) >= 11 is 0. The summed E-state index contributed by atoms with van der Waals surface area (Å²) in [5.74, 6) is 7.58. The van der Waals surface area contributed by atoms with Crippen LogP contribution in [0.4, 0.5) is 5.82 Å². The number of quaternary nitrogens is 1. The van der Waals surface area contributed by atoms with Crippen LogP contribution in [0.1, 0.15) is 54.1 Å². The van der Waals surface area contributed by atoms with Gasteiger partial charge < -0.3 is 15.3 Å². The average molecular weight is 527 g/mol. The van der Waals surface area contributed by atoms with Crippen LogP contribution < -0.4 is 11.2 Å². The Labute approximate surface area is 226 Å². The van der Waals surface area contributed by atoms with Gasteiger partial charge in [-0.2, -0.15) is 10.8 Å². The molecular formula is C29H32N7O3+. The summed E-state index contributed by atoms with van der Waals surface area (Å²) in [6.07, 6.45) is 10.5. The first-order valence-electron chi connectivity index (χ1n) is 13.4. The van der Waals surface area contributed by atoms with Gasteiger partial charge in [0.05, 0.1) is 18.0 Å². The van der Waals surface area contributed by atoms with Crippen LogP contribution in [0.5, 0.6) is 0 Å². The van der Waals surface area contributed by atoms with E-state index in [2.05, 4.69) is 22.2 Å². The van der Waals surface area contributed by atoms with Crippen molar-refractivity contribution in [2.75, 3.05) is 18.4 Å². The number of piperidine rings is 1. The van der Waals surface area contributed by atoms with E-state index in [0.29, 0.717) is 43.1 Å². The molecule has 1 aromatic heterocycles. The molecule has 10 heteroatoms. The van der Waals surface area contributed by atoms with Gasteiger partial charge in [0.25, 0.3) is 17.6 Å². The van der Waals surface area contributed by atoms with E-state index in [-0.39, 0.29) is 22.3 Å². The van der Waals surface area contributed by atoms with Crippen molar-refractivity contribution in [2.24, 2.45) is 21.7 Å². The van der Waals surface area contributed by atoms with Gasteiger partial charge in [0.15, 0.2) is 0 Å². The first-order valence-corrected chi connectivity index (χ1v) is 13.4. The number of fused-ring (bicyclic) bond motifs is 1. The van der Waals surface area contributed by atoms with Crippen molar-refractivity contribution in [1.82, 2.24) is 9.88 Å². The molecule has 10 nitrogen and oxygen atoms in total. The Balaban J connectivity index is 1.24. The second kappa shape index (κ2) is 9.64. The van der Waals surface area contributed by atoms with E-state index in [1.54, 1.807) is 41.8 Å². The Morgan fingerprint density at radius 1 is 1.23 bits per heavy atom. The number of carbonyl (C=O) groups excluding carboxylic acids is 2. The van der Waals surface area contributed by atoms with Crippen molar-refractivity contribution in [3.8, 4) is 0 Å². The number of hydrogen-bond donors (Lipinski definition) is 3. The number of nitrogens with one attached hydrogen (secondary N) is 1. The monoisotopic (exact) mass is 526 g/mol. The summed E-state index contributed by atoms with van der Waals surface area (Å²) in [7, 11) is 0. The van der Waals surface area contributed by atoms with Gasteiger partial charge in [-0.05, 0) is 74.1 Å². The molecule has 4 heterocycles. The van der Waals surface area contributed by atoms with E-state index in [0.717, 1.165) is 41.8 Å². The van der Waals surface area contributed by atoms with Crippen LogP contribution in [0, 0.1) is 5.92 Å². The standard InChI is InChI=1S/C29H31N7O3/c1-2-19-9-12-32-24(16-19)33-27(37)21-7-5-20(6-8-21)26-34-25(23-17-31-13-15-36(23,26)30)22-4-3-14-35(18-22)28(38)29(39)10-11-29/h5-9,12-13,15-17,22,39H,2-4,10-11,14,18,30H2,1H3/p+1/t22-,36?/m1/s1. The van der Waals surface area contributed by atoms with Gasteiger partial charge in [-0.15, -0.1) is 4.59 Å². The van der Waals surface area contributed by atoms with Crippen LogP contribution in [0.15, 0.2) is 76.4 Å². The van der Waals surface area contributed by atoms with Gasteiger partial charge in [0, 0.05) is 30.8 Å². The van der Waals surface area contributed by atoms with Crippen molar-refractivity contribution in [3.63, 3.8) is 0 Å². The lowest BCUT2D eigenvalue weighted by molar-refractivity contribution is -0.750. The summed E-state index contributed by atoms with van der Waals surface area (Å²) in [6.45, 7) is 3.17. The lowest BCUT2D eigenvalue weighted by Crippen LogP contribution is -2.53. The highest BCUT2D eigenvalue weighted by Crippen LogP contribution is 2.40. The van der Waals surface area contributed by atoms with Gasteiger partial charge in [-0.25, -0.2) is 4.98 Å². The van der Waals surface area contributed by atoms with E-state index < -0.39 is 5.60 Å². The Morgan fingerprint density at radius 2 is 2.03 bits per heavy atom. The Morgan fingerprint density at radius 3 is 2.77 bits per heavy atom. The van der Waals surface area contributed by atoms with Crippen molar-refractivity contribution < 1.29 is 19.3 Å². The number of nitrogens with two attached hydrogens (primary N) is 1. The molecule has 1 unspecified atom stereocenters. The largest absolute Gasteiger partial charge is 0.380 e. The number of aromatic nitrogens is 1. The number of aryl methyl sites for hydroxylation is 1. The number of anilines is 1. The number of hydrogen-bond acceptors (Lipinski definition) is 7. The highest BCUT2D eigenvalue weighted by atomic mass is 16.3. The molecule has 1 saturated heterocycles. The van der Waals surface area contributed by atoms with Crippen LogP contribution in [0.2, 0.25) is 0 Å². The highest BCUT2D eigenvalue weighted by Gasteiger charge is 2.52. The van der Waals surface area contributed by atoms with E-state index in [1.165, 1.54) is 0 Å². The first-order chi connectivity index (χ1) is 18.8. The fraction of sp³-hybridized carbons (Fsp3) is 0.345. The van der Waals surface area contributed by atoms with Gasteiger partial charge in [0.1, 0.15) is 23.3 Å². The number of likely N-dealkylation sites (tertiary alicyclic amines) is 1. The van der Waals surface area contributed by atoms with E-state index in [4.69, 9.17) is 10.8 Å². The summed E-state index contributed by atoms with van der Waals surface area (Å²) < 4.78 is -0.132. The van der Waals surface area contributed by atoms with E-state index in [1.807, 2.05) is 24.3 Å². The molecule has 1 aliphatic carbocycles. The molecule has 2 fully saturated rings. The molecule has 1 saturated carbocycles. The second-order valence-electron chi connectivity index (χ2n) is 10.6. The fourth-order valence-corrected chi connectivity index (χ4v) is 5.44. The minimum Gasteiger partial charge on any atom is -0.380 e. The number of allylic oxidation sites excluding steroid dienone is 1. The fourth-order valence-electron chi connectivity index (χ4n) is 5.44. The van der Waals surface area contributed by atoms with Crippen LogP contribution in [-0.2, 0) is 11.2 Å². The van der Waals surface area contributed by atoms with Crippen molar-refractivity contribution in [1.29, 1.82) is 0 Å². The number of rotatable bonds is 6. The molecule has 3 aliphatic heterocycles. The number of aliphatic hydroxyl groups is 1. The zero-order valence-electron chi connectivity index (χ0n) is 21.9. The molecule has 4 aliphatic rings. The number of aliphatic imine (C=N–C) groups is 2. The van der Waals surface area contributed by atoms with Crippen molar-refractivity contribution in [2.45, 2.75) is 44.6 Å². The predicted molar refractivity (Wildman–Crippen MR) is 147 cm³/mol. The quantitative estimate of drug-likeness (QED) is 0.393. The van der Waals surface area contributed by atoms with Gasteiger partial charge in [-0.1, -0.05) is 6.92 Å². The summed E-state index contributed by atoms with van der Waals surface area (Å²) in [5, 5.41) is 13.2. The number of carbonyl (C=O) groups is 2. The SMILES string of the molecule is CCc1ccnc(NC(=O)c2ccc(C3=NC([C@@H]4CCCN(C(=O)C5(O)CC5)C4)=C4C=NC=C[N+]34N)cc2)c1. The lowest BCUT2D eigenvalue weighted by Gasteiger charge is -2.34. The third-order valence-corrected chi connectivity index (χ3v) is 7.92. The van der Waals surface area contributed by atoms with Crippen LogP contribution in [0.3, 0.4) is 0 Å². The molecule has 2 aromatic rings. The maximum absolute atomic E-state index is 12.9. The van der Waals surface area contributed by atoms with Crippen LogP contribution in [-0.4, -0.2) is 62.1 Å². The molecule has 0 radical (unpaired) electrons. The molecule has 2 amide bonds. The van der Waals surface area contributed by atoms with Gasteiger partial charge in [-0.3, -0.25) is 14.6 Å². The van der Waals surface area contributed by atoms with Gasteiger partial charge in [0.2, 0.25) is 5.70 Å². The minimum absolute atomic E-state index is 0.0204. The number of amides is 2.